The third-order valence-electron chi connectivity index (χ3n) is 3.61. The first-order valence-electron chi connectivity index (χ1n) is 7.69. The number of ether oxygens (including phenoxy) is 1. The lowest BCUT2D eigenvalue weighted by atomic mass is 10.1. The predicted molar refractivity (Wildman–Crippen MR) is 86.2 cm³/mol. The molecule has 1 amide bonds. The standard InChI is InChI=1S/C16H23N3O4/c1-16(2,3)23-15(20)18-10-8-17(9-11-18)12-13-6-4-5-7-14(13)19(21)22/h4-7H,8-12H2,1-3H3. The maximum atomic E-state index is 12.0. The number of nitrogens with zero attached hydrogens (tertiary/aromatic N) is 3. The Bertz CT molecular complexity index is 575. The molecule has 1 fully saturated rings. The van der Waals surface area contributed by atoms with Crippen LogP contribution < -0.4 is 0 Å². The van der Waals surface area contributed by atoms with Crippen molar-refractivity contribution in [2.45, 2.75) is 32.9 Å². The summed E-state index contributed by atoms with van der Waals surface area (Å²) in [4.78, 5) is 26.5. The third kappa shape index (κ3) is 4.92. The largest absolute Gasteiger partial charge is 0.444 e. The Morgan fingerprint density at radius 2 is 1.83 bits per heavy atom. The average molecular weight is 321 g/mol. The number of hydrogen-bond acceptors (Lipinski definition) is 5. The molecule has 1 aromatic rings. The molecule has 1 saturated heterocycles. The first-order chi connectivity index (χ1) is 10.8. The number of nitro benzene ring substituents is 1. The van der Waals surface area contributed by atoms with E-state index in [1.54, 1.807) is 23.1 Å². The van der Waals surface area contributed by atoms with Crippen molar-refractivity contribution < 1.29 is 14.5 Å². The van der Waals surface area contributed by atoms with Crippen LogP contribution in [0.3, 0.4) is 0 Å². The van der Waals surface area contributed by atoms with Gasteiger partial charge >= 0.3 is 6.09 Å². The van der Waals surface area contributed by atoms with Crippen molar-refractivity contribution in [2.75, 3.05) is 26.2 Å². The minimum absolute atomic E-state index is 0.141. The predicted octanol–water partition coefficient (Wildman–Crippen LogP) is 2.65. The molecule has 0 saturated carbocycles. The third-order valence-corrected chi connectivity index (χ3v) is 3.61. The minimum Gasteiger partial charge on any atom is -0.444 e. The number of amides is 1. The van der Waals surface area contributed by atoms with Gasteiger partial charge < -0.3 is 9.64 Å². The topological polar surface area (TPSA) is 75.9 Å². The van der Waals surface area contributed by atoms with Crippen LogP contribution in [-0.4, -0.2) is 52.6 Å². The zero-order valence-electron chi connectivity index (χ0n) is 13.8. The number of benzene rings is 1. The van der Waals surface area contributed by atoms with Gasteiger partial charge in [-0.3, -0.25) is 15.0 Å². The van der Waals surface area contributed by atoms with Gasteiger partial charge in [-0.15, -0.1) is 0 Å². The van der Waals surface area contributed by atoms with Crippen LogP contribution in [0.4, 0.5) is 10.5 Å². The Labute approximate surface area is 136 Å². The van der Waals surface area contributed by atoms with Crippen LogP contribution in [0.5, 0.6) is 0 Å². The Morgan fingerprint density at radius 1 is 1.22 bits per heavy atom. The van der Waals surface area contributed by atoms with E-state index in [4.69, 9.17) is 4.74 Å². The molecule has 1 aliphatic rings. The van der Waals surface area contributed by atoms with Gasteiger partial charge in [0, 0.05) is 44.4 Å². The smallest absolute Gasteiger partial charge is 0.410 e. The van der Waals surface area contributed by atoms with Crippen LogP contribution in [0.1, 0.15) is 26.3 Å². The summed E-state index contributed by atoms with van der Waals surface area (Å²) in [6, 6.07) is 6.77. The molecule has 0 unspecified atom stereocenters. The molecule has 23 heavy (non-hydrogen) atoms. The lowest BCUT2D eigenvalue weighted by Crippen LogP contribution is -2.49. The number of rotatable bonds is 3. The molecule has 0 spiro atoms. The zero-order valence-corrected chi connectivity index (χ0v) is 13.8. The van der Waals surface area contributed by atoms with Gasteiger partial charge in [-0.25, -0.2) is 4.79 Å². The van der Waals surface area contributed by atoms with E-state index in [2.05, 4.69) is 4.90 Å². The van der Waals surface area contributed by atoms with Gasteiger partial charge in [-0.2, -0.15) is 0 Å². The number of piperazine rings is 1. The van der Waals surface area contributed by atoms with Crippen LogP contribution in [0.2, 0.25) is 0 Å². The average Bonchev–Trinajstić information content (AvgIpc) is 2.46. The Hall–Kier alpha value is -2.15. The molecule has 7 heteroatoms. The van der Waals surface area contributed by atoms with Gasteiger partial charge in [0.05, 0.1) is 4.92 Å². The molecule has 0 atom stereocenters. The van der Waals surface area contributed by atoms with Crippen LogP contribution in [0, 0.1) is 10.1 Å². The van der Waals surface area contributed by atoms with E-state index in [1.165, 1.54) is 6.07 Å². The second-order valence-corrected chi connectivity index (χ2v) is 6.63. The monoisotopic (exact) mass is 321 g/mol. The normalized spacial score (nSPS) is 16.2. The molecular weight excluding hydrogens is 298 g/mol. The SMILES string of the molecule is CC(C)(C)OC(=O)N1CCN(Cc2ccccc2[N+](=O)[O-])CC1. The number of para-hydroxylation sites is 1. The molecule has 1 heterocycles. The fourth-order valence-corrected chi connectivity index (χ4v) is 2.48. The summed E-state index contributed by atoms with van der Waals surface area (Å²) < 4.78 is 5.36. The highest BCUT2D eigenvalue weighted by Gasteiger charge is 2.26. The summed E-state index contributed by atoms with van der Waals surface area (Å²) in [5, 5.41) is 11.1. The maximum Gasteiger partial charge on any atom is 0.410 e. The molecule has 1 aliphatic heterocycles. The summed E-state index contributed by atoms with van der Waals surface area (Å²) in [5.74, 6) is 0. The maximum absolute atomic E-state index is 12.0. The van der Waals surface area contributed by atoms with Crippen LogP contribution in [0.25, 0.3) is 0 Å². The number of carbonyl (C=O) groups is 1. The van der Waals surface area contributed by atoms with Crippen molar-refractivity contribution in [3.8, 4) is 0 Å². The molecule has 0 N–H and O–H groups in total. The van der Waals surface area contributed by atoms with Gasteiger partial charge in [-0.1, -0.05) is 18.2 Å². The second-order valence-electron chi connectivity index (χ2n) is 6.63. The molecule has 126 valence electrons. The minimum atomic E-state index is -0.501. The van der Waals surface area contributed by atoms with Crippen molar-refractivity contribution in [3.05, 3.63) is 39.9 Å². The number of hydrogen-bond donors (Lipinski definition) is 0. The van der Waals surface area contributed by atoms with E-state index in [1.807, 2.05) is 20.8 Å². The highest BCUT2D eigenvalue weighted by Crippen LogP contribution is 2.20. The summed E-state index contributed by atoms with van der Waals surface area (Å²) in [7, 11) is 0. The first kappa shape index (κ1) is 17.2. The fourth-order valence-electron chi connectivity index (χ4n) is 2.48. The van der Waals surface area contributed by atoms with Gasteiger partial charge in [0.25, 0.3) is 5.69 Å². The Kier molecular flexibility index (Phi) is 5.20. The first-order valence-corrected chi connectivity index (χ1v) is 7.69. The van der Waals surface area contributed by atoms with Gasteiger partial charge in [0.15, 0.2) is 0 Å². The molecule has 2 rings (SSSR count). The highest BCUT2D eigenvalue weighted by molar-refractivity contribution is 5.68. The van der Waals surface area contributed by atoms with Crippen molar-refractivity contribution >= 4 is 11.8 Å². The number of carbonyl (C=O) groups excluding carboxylic acids is 1. The van der Waals surface area contributed by atoms with Crippen molar-refractivity contribution in [1.82, 2.24) is 9.80 Å². The Balaban J connectivity index is 1.91. The lowest BCUT2D eigenvalue weighted by molar-refractivity contribution is -0.385. The van der Waals surface area contributed by atoms with E-state index in [0.717, 1.165) is 0 Å². The quantitative estimate of drug-likeness (QED) is 0.632. The number of nitro groups is 1. The van der Waals surface area contributed by atoms with E-state index >= 15 is 0 Å². The summed E-state index contributed by atoms with van der Waals surface area (Å²) >= 11 is 0. The van der Waals surface area contributed by atoms with Crippen LogP contribution >= 0.6 is 0 Å². The second kappa shape index (κ2) is 6.95. The zero-order chi connectivity index (χ0) is 17.0. The van der Waals surface area contributed by atoms with Gasteiger partial charge in [-0.05, 0) is 20.8 Å². The van der Waals surface area contributed by atoms with Crippen molar-refractivity contribution in [1.29, 1.82) is 0 Å². The van der Waals surface area contributed by atoms with E-state index in [0.29, 0.717) is 38.3 Å². The molecule has 0 bridgehead atoms. The lowest BCUT2D eigenvalue weighted by Gasteiger charge is -2.35. The Morgan fingerprint density at radius 3 is 2.39 bits per heavy atom. The fraction of sp³-hybridized carbons (Fsp3) is 0.562. The van der Waals surface area contributed by atoms with E-state index in [-0.39, 0.29) is 16.7 Å². The molecular formula is C16H23N3O4. The highest BCUT2D eigenvalue weighted by atomic mass is 16.6. The van der Waals surface area contributed by atoms with Crippen molar-refractivity contribution in [3.63, 3.8) is 0 Å². The van der Waals surface area contributed by atoms with Crippen LogP contribution in [-0.2, 0) is 11.3 Å². The van der Waals surface area contributed by atoms with Gasteiger partial charge in [0.1, 0.15) is 5.60 Å². The van der Waals surface area contributed by atoms with Crippen LogP contribution in [0.15, 0.2) is 24.3 Å². The molecule has 0 aliphatic carbocycles. The molecule has 0 radical (unpaired) electrons. The summed E-state index contributed by atoms with van der Waals surface area (Å²) in [6.07, 6.45) is -0.303. The van der Waals surface area contributed by atoms with E-state index in [9.17, 15) is 14.9 Å². The summed E-state index contributed by atoms with van der Waals surface area (Å²) in [5.41, 5.74) is 0.337. The molecule has 1 aromatic carbocycles. The summed E-state index contributed by atoms with van der Waals surface area (Å²) in [6.45, 7) is 8.52. The molecule has 7 nitrogen and oxygen atoms in total. The van der Waals surface area contributed by atoms with Crippen molar-refractivity contribution in [2.24, 2.45) is 0 Å². The van der Waals surface area contributed by atoms with E-state index < -0.39 is 5.60 Å². The van der Waals surface area contributed by atoms with Gasteiger partial charge in [0.2, 0.25) is 0 Å². The molecule has 0 aromatic heterocycles.